The molecular formula is C27H24ClFN2O4S. The molecule has 1 aliphatic heterocycles. The minimum absolute atomic E-state index is 0.00276. The van der Waals surface area contributed by atoms with Crippen molar-refractivity contribution in [3.8, 4) is 17.2 Å². The van der Waals surface area contributed by atoms with E-state index in [4.69, 9.17) is 25.8 Å². The zero-order valence-electron chi connectivity index (χ0n) is 20.0. The number of thioether (sulfide) groups is 1. The third kappa shape index (κ3) is 5.83. The van der Waals surface area contributed by atoms with E-state index in [0.29, 0.717) is 50.0 Å². The van der Waals surface area contributed by atoms with E-state index in [-0.39, 0.29) is 18.3 Å². The number of halogens is 2. The Morgan fingerprint density at radius 3 is 2.56 bits per heavy atom. The summed E-state index contributed by atoms with van der Waals surface area (Å²) in [6.07, 6.45) is 1.73. The Labute approximate surface area is 218 Å². The lowest BCUT2D eigenvalue weighted by Crippen LogP contribution is -2.23. The Kier molecular flexibility index (Phi) is 8.18. The van der Waals surface area contributed by atoms with Crippen molar-refractivity contribution < 1.29 is 23.4 Å². The van der Waals surface area contributed by atoms with E-state index in [2.05, 4.69) is 4.99 Å². The molecule has 0 atom stereocenters. The number of amides is 1. The molecule has 186 valence electrons. The number of carbonyl (C=O) groups excluding carboxylic acids is 1. The summed E-state index contributed by atoms with van der Waals surface area (Å²) < 4.78 is 30.7. The van der Waals surface area contributed by atoms with Crippen LogP contribution in [-0.4, -0.2) is 36.7 Å². The summed E-state index contributed by atoms with van der Waals surface area (Å²) >= 11 is 7.79. The number of carbonyl (C=O) groups is 1. The Hall–Kier alpha value is -3.49. The highest BCUT2D eigenvalue weighted by Crippen LogP contribution is 2.40. The Bertz CT molecular complexity index is 1330. The SMILES string of the molecule is CCOc1cc(C=C2SC(=Nc3ccc(OC)cc3)N(C)C2=O)cc(Cl)c1OCc1ccccc1F. The van der Waals surface area contributed by atoms with Crippen molar-refractivity contribution >= 4 is 46.2 Å². The zero-order valence-corrected chi connectivity index (χ0v) is 21.5. The number of rotatable bonds is 8. The van der Waals surface area contributed by atoms with Gasteiger partial charge in [0.2, 0.25) is 0 Å². The third-order valence-corrected chi connectivity index (χ3v) is 6.60. The van der Waals surface area contributed by atoms with Gasteiger partial charge in [0.25, 0.3) is 5.91 Å². The first-order valence-corrected chi connectivity index (χ1v) is 12.3. The number of amidine groups is 1. The van der Waals surface area contributed by atoms with Crippen LogP contribution in [0.15, 0.2) is 70.6 Å². The lowest BCUT2D eigenvalue weighted by molar-refractivity contribution is -0.121. The van der Waals surface area contributed by atoms with E-state index in [1.165, 1.54) is 22.7 Å². The Morgan fingerprint density at radius 2 is 1.86 bits per heavy atom. The molecule has 0 radical (unpaired) electrons. The largest absolute Gasteiger partial charge is 0.497 e. The molecule has 3 aromatic rings. The summed E-state index contributed by atoms with van der Waals surface area (Å²) in [5.74, 6) is 0.908. The van der Waals surface area contributed by atoms with E-state index in [9.17, 15) is 9.18 Å². The van der Waals surface area contributed by atoms with Crippen LogP contribution in [0.25, 0.3) is 6.08 Å². The number of hydrogen-bond acceptors (Lipinski definition) is 6. The minimum atomic E-state index is -0.360. The van der Waals surface area contributed by atoms with Crippen molar-refractivity contribution in [2.75, 3.05) is 20.8 Å². The number of likely N-dealkylation sites (N-methyl/N-ethyl adjacent to an activating group) is 1. The van der Waals surface area contributed by atoms with Gasteiger partial charge in [-0.15, -0.1) is 0 Å². The lowest BCUT2D eigenvalue weighted by atomic mass is 10.1. The minimum Gasteiger partial charge on any atom is -0.497 e. The van der Waals surface area contributed by atoms with Gasteiger partial charge >= 0.3 is 0 Å². The van der Waals surface area contributed by atoms with Crippen LogP contribution in [0, 0.1) is 5.82 Å². The van der Waals surface area contributed by atoms with E-state index in [0.717, 1.165) is 5.75 Å². The molecule has 36 heavy (non-hydrogen) atoms. The van der Waals surface area contributed by atoms with E-state index < -0.39 is 0 Å². The van der Waals surface area contributed by atoms with Gasteiger partial charge in [-0.1, -0.05) is 29.8 Å². The summed E-state index contributed by atoms with van der Waals surface area (Å²) in [6.45, 7) is 2.21. The van der Waals surface area contributed by atoms with Gasteiger partial charge < -0.3 is 14.2 Å². The smallest absolute Gasteiger partial charge is 0.266 e. The van der Waals surface area contributed by atoms with Crippen LogP contribution in [0.3, 0.4) is 0 Å². The van der Waals surface area contributed by atoms with Gasteiger partial charge in [-0.25, -0.2) is 9.38 Å². The molecule has 0 spiro atoms. The molecule has 1 aliphatic rings. The summed E-state index contributed by atoms with van der Waals surface area (Å²) in [5.41, 5.74) is 1.77. The van der Waals surface area contributed by atoms with Crippen LogP contribution >= 0.6 is 23.4 Å². The van der Waals surface area contributed by atoms with Crippen molar-refractivity contribution in [1.29, 1.82) is 0 Å². The normalized spacial score (nSPS) is 15.6. The number of hydrogen-bond donors (Lipinski definition) is 0. The number of nitrogens with zero attached hydrogens (tertiary/aromatic N) is 2. The molecule has 0 N–H and O–H groups in total. The first-order valence-electron chi connectivity index (χ1n) is 11.1. The first-order chi connectivity index (χ1) is 17.4. The van der Waals surface area contributed by atoms with Crippen LogP contribution < -0.4 is 14.2 Å². The molecule has 1 heterocycles. The van der Waals surface area contributed by atoms with Gasteiger partial charge in [0.1, 0.15) is 18.2 Å². The number of methoxy groups -OCH3 is 1. The Balaban J connectivity index is 1.58. The molecule has 0 bridgehead atoms. The van der Waals surface area contributed by atoms with Crippen LogP contribution in [-0.2, 0) is 11.4 Å². The second kappa shape index (κ2) is 11.5. The van der Waals surface area contributed by atoms with Crippen molar-refractivity contribution in [1.82, 2.24) is 4.90 Å². The second-order valence-electron chi connectivity index (χ2n) is 7.71. The monoisotopic (exact) mass is 526 g/mol. The van der Waals surface area contributed by atoms with E-state index >= 15 is 0 Å². The maximum absolute atomic E-state index is 14.0. The quantitative estimate of drug-likeness (QED) is 0.306. The fourth-order valence-corrected chi connectivity index (χ4v) is 4.67. The van der Waals surface area contributed by atoms with Crippen molar-refractivity contribution in [3.05, 3.63) is 87.5 Å². The molecule has 0 unspecified atom stereocenters. The Morgan fingerprint density at radius 1 is 1.11 bits per heavy atom. The van der Waals surface area contributed by atoms with Gasteiger partial charge in [-0.05, 0) is 72.8 Å². The highest BCUT2D eigenvalue weighted by molar-refractivity contribution is 8.18. The second-order valence-corrected chi connectivity index (χ2v) is 9.13. The molecule has 0 saturated carbocycles. The molecule has 0 aliphatic carbocycles. The average molecular weight is 527 g/mol. The van der Waals surface area contributed by atoms with Crippen LogP contribution in [0.1, 0.15) is 18.1 Å². The average Bonchev–Trinajstić information content (AvgIpc) is 3.12. The third-order valence-electron chi connectivity index (χ3n) is 5.26. The summed E-state index contributed by atoms with van der Waals surface area (Å²) in [6, 6.07) is 17.1. The molecule has 6 nitrogen and oxygen atoms in total. The van der Waals surface area contributed by atoms with E-state index in [1.54, 1.807) is 50.6 Å². The summed E-state index contributed by atoms with van der Waals surface area (Å²) in [4.78, 5) is 19.4. The topological polar surface area (TPSA) is 60.4 Å². The van der Waals surface area contributed by atoms with Gasteiger partial charge in [0.15, 0.2) is 16.7 Å². The molecule has 1 amide bonds. The molecule has 4 rings (SSSR count). The van der Waals surface area contributed by atoms with Gasteiger partial charge in [0.05, 0.1) is 29.3 Å². The maximum Gasteiger partial charge on any atom is 0.266 e. The fourth-order valence-electron chi connectivity index (χ4n) is 3.41. The lowest BCUT2D eigenvalue weighted by Gasteiger charge is -2.15. The number of aliphatic imine (C=N–C) groups is 1. The van der Waals surface area contributed by atoms with Crippen molar-refractivity contribution in [2.24, 2.45) is 4.99 Å². The molecular weight excluding hydrogens is 503 g/mol. The van der Waals surface area contributed by atoms with Crippen molar-refractivity contribution in [2.45, 2.75) is 13.5 Å². The highest BCUT2D eigenvalue weighted by atomic mass is 35.5. The predicted octanol–water partition coefficient (Wildman–Crippen LogP) is 6.70. The van der Waals surface area contributed by atoms with Crippen LogP contribution in [0.4, 0.5) is 10.1 Å². The maximum atomic E-state index is 14.0. The fraction of sp³-hybridized carbons (Fsp3) is 0.185. The summed E-state index contributed by atoms with van der Waals surface area (Å²) in [5, 5.41) is 0.845. The molecule has 1 saturated heterocycles. The van der Waals surface area contributed by atoms with E-state index in [1.807, 2.05) is 31.2 Å². The van der Waals surface area contributed by atoms with Gasteiger partial charge in [0, 0.05) is 12.6 Å². The standard InChI is InChI=1S/C27H24ClFN2O4S/c1-4-34-23-14-17(13-21(28)25(23)35-16-18-7-5-6-8-22(18)29)15-24-26(32)31(2)27(36-24)30-19-9-11-20(33-3)12-10-19/h5-15H,4,16H2,1-3H3. The molecule has 1 fully saturated rings. The zero-order chi connectivity index (χ0) is 25.7. The first kappa shape index (κ1) is 25.6. The van der Waals surface area contributed by atoms with Gasteiger partial charge in [-0.3, -0.25) is 9.69 Å². The number of ether oxygens (including phenoxy) is 3. The predicted molar refractivity (Wildman–Crippen MR) is 142 cm³/mol. The van der Waals surface area contributed by atoms with Gasteiger partial charge in [-0.2, -0.15) is 0 Å². The van der Waals surface area contributed by atoms with Crippen molar-refractivity contribution in [3.63, 3.8) is 0 Å². The highest BCUT2D eigenvalue weighted by Gasteiger charge is 2.30. The van der Waals surface area contributed by atoms with Crippen LogP contribution in [0.5, 0.6) is 17.2 Å². The molecule has 9 heteroatoms. The number of benzene rings is 3. The summed E-state index contributed by atoms with van der Waals surface area (Å²) in [7, 11) is 3.28. The van der Waals surface area contributed by atoms with Crippen LogP contribution in [0.2, 0.25) is 5.02 Å². The molecule has 0 aromatic heterocycles. The molecule has 3 aromatic carbocycles.